The Bertz CT molecular complexity index is 406. The SMILES string of the molecule is NCc1ccccc1OCCCN(CCO)C1CCCC1. The molecule has 1 aliphatic rings. The van der Waals surface area contributed by atoms with Gasteiger partial charge < -0.3 is 15.6 Å². The van der Waals surface area contributed by atoms with Gasteiger partial charge in [0.15, 0.2) is 0 Å². The largest absolute Gasteiger partial charge is 0.493 e. The van der Waals surface area contributed by atoms with Crippen LogP contribution in [0.15, 0.2) is 24.3 Å². The first-order valence-corrected chi connectivity index (χ1v) is 8.11. The summed E-state index contributed by atoms with van der Waals surface area (Å²) in [6.07, 6.45) is 6.18. The maximum atomic E-state index is 9.21. The molecule has 1 aliphatic carbocycles. The molecule has 3 N–H and O–H groups in total. The summed E-state index contributed by atoms with van der Waals surface area (Å²) in [5, 5.41) is 9.21. The highest BCUT2D eigenvalue weighted by atomic mass is 16.5. The minimum atomic E-state index is 0.243. The molecule has 118 valence electrons. The highest BCUT2D eigenvalue weighted by Crippen LogP contribution is 2.23. The standard InChI is InChI=1S/C17H28N2O2/c18-14-15-6-1-4-9-17(15)21-13-5-10-19(11-12-20)16-7-2-3-8-16/h1,4,6,9,16,20H,2-3,5,7-8,10-14,18H2. The van der Waals surface area contributed by atoms with Gasteiger partial charge in [-0.2, -0.15) is 0 Å². The maximum Gasteiger partial charge on any atom is 0.123 e. The second-order valence-electron chi connectivity index (χ2n) is 5.71. The van der Waals surface area contributed by atoms with E-state index in [0.29, 0.717) is 19.2 Å². The van der Waals surface area contributed by atoms with Crippen LogP contribution in [0.2, 0.25) is 0 Å². The van der Waals surface area contributed by atoms with Crippen LogP contribution >= 0.6 is 0 Å². The molecule has 1 fully saturated rings. The van der Waals surface area contributed by atoms with Crippen molar-refractivity contribution in [3.8, 4) is 5.75 Å². The molecule has 0 aromatic heterocycles. The molecule has 0 heterocycles. The van der Waals surface area contributed by atoms with Gasteiger partial charge in [-0.1, -0.05) is 31.0 Å². The molecule has 0 spiro atoms. The van der Waals surface area contributed by atoms with Gasteiger partial charge in [-0.3, -0.25) is 4.90 Å². The first-order chi connectivity index (χ1) is 10.3. The number of nitrogens with two attached hydrogens (primary N) is 1. The highest BCUT2D eigenvalue weighted by Gasteiger charge is 2.21. The number of hydrogen-bond acceptors (Lipinski definition) is 4. The fourth-order valence-corrected chi connectivity index (χ4v) is 3.14. The van der Waals surface area contributed by atoms with Gasteiger partial charge in [-0.25, -0.2) is 0 Å². The van der Waals surface area contributed by atoms with Crippen molar-refractivity contribution in [2.24, 2.45) is 5.73 Å². The number of aliphatic hydroxyl groups is 1. The second-order valence-corrected chi connectivity index (χ2v) is 5.71. The fourth-order valence-electron chi connectivity index (χ4n) is 3.14. The Hall–Kier alpha value is -1.10. The van der Waals surface area contributed by atoms with Crippen molar-refractivity contribution < 1.29 is 9.84 Å². The number of benzene rings is 1. The summed E-state index contributed by atoms with van der Waals surface area (Å²) in [7, 11) is 0. The van der Waals surface area contributed by atoms with Crippen LogP contribution in [-0.4, -0.2) is 42.4 Å². The van der Waals surface area contributed by atoms with Gasteiger partial charge in [-0.05, 0) is 25.3 Å². The van der Waals surface area contributed by atoms with Crippen LogP contribution in [-0.2, 0) is 6.54 Å². The zero-order valence-corrected chi connectivity index (χ0v) is 12.8. The second kappa shape index (κ2) is 9.03. The number of aliphatic hydroxyl groups excluding tert-OH is 1. The predicted molar refractivity (Wildman–Crippen MR) is 85.4 cm³/mol. The third-order valence-electron chi connectivity index (χ3n) is 4.27. The number of ether oxygens (including phenoxy) is 1. The maximum absolute atomic E-state index is 9.21. The minimum Gasteiger partial charge on any atom is -0.493 e. The predicted octanol–water partition coefficient (Wildman–Crippen LogP) is 2.15. The lowest BCUT2D eigenvalue weighted by atomic mass is 10.2. The topological polar surface area (TPSA) is 58.7 Å². The van der Waals surface area contributed by atoms with Crippen LogP contribution < -0.4 is 10.5 Å². The van der Waals surface area contributed by atoms with E-state index in [0.717, 1.165) is 30.8 Å². The molecule has 1 saturated carbocycles. The Morgan fingerprint density at radius 3 is 2.67 bits per heavy atom. The lowest BCUT2D eigenvalue weighted by molar-refractivity contribution is 0.142. The smallest absolute Gasteiger partial charge is 0.123 e. The molecular formula is C17H28N2O2. The lowest BCUT2D eigenvalue weighted by Gasteiger charge is -2.28. The van der Waals surface area contributed by atoms with E-state index in [2.05, 4.69) is 4.90 Å². The lowest BCUT2D eigenvalue weighted by Crippen LogP contribution is -2.37. The molecule has 0 saturated heterocycles. The van der Waals surface area contributed by atoms with Crippen molar-refractivity contribution in [2.75, 3.05) is 26.3 Å². The van der Waals surface area contributed by atoms with Crippen molar-refractivity contribution in [3.63, 3.8) is 0 Å². The van der Waals surface area contributed by atoms with Crippen molar-refractivity contribution in [1.29, 1.82) is 0 Å². The third kappa shape index (κ3) is 4.99. The van der Waals surface area contributed by atoms with E-state index in [1.54, 1.807) is 0 Å². The molecular weight excluding hydrogens is 264 g/mol. The van der Waals surface area contributed by atoms with E-state index >= 15 is 0 Å². The molecule has 0 atom stereocenters. The van der Waals surface area contributed by atoms with E-state index in [1.165, 1.54) is 25.7 Å². The summed E-state index contributed by atoms with van der Waals surface area (Å²) in [6, 6.07) is 8.60. The Balaban J connectivity index is 1.74. The Labute approximate surface area is 127 Å². The van der Waals surface area contributed by atoms with E-state index in [-0.39, 0.29) is 6.61 Å². The van der Waals surface area contributed by atoms with Gasteiger partial charge in [0.1, 0.15) is 5.75 Å². The number of rotatable bonds is 9. The van der Waals surface area contributed by atoms with E-state index in [9.17, 15) is 5.11 Å². The summed E-state index contributed by atoms with van der Waals surface area (Å²) < 4.78 is 5.85. The molecule has 21 heavy (non-hydrogen) atoms. The van der Waals surface area contributed by atoms with E-state index < -0.39 is 0 Å². The van der Waals surface area contributed by atoms with Gasteiger partial charge in [0, 0.05) is 31.2 Å². The van der Waals surface area contributed by atoms with Crippen molar-refractivity contribution >= 4 is 0 Å². The highest BCUT2D eigenvalue weighted by molar-refractivity contribution is 5.32. The van der Waals surface area contributed by atoms with Crippen LogP contribution in [0.3, 0.4) is 0 Å². The van der Waals surface area contributed by atoms with Crippen LogP contribution in [0.25, 0.3) is 0 Å². The average molecular weight is 292 g/mol. The molecule has 0 radical (unpaired) electrons. The summed E-state index contributed by atoms with van der Waals surface area (Å²) in [6.45, 7) is 3.23. The molecule has 0 aliphatic heterocycles. The average Bonchev–Trinajstić information content (AvgIpc) is 3.05. The quantitative estimate of drug-likeness (QED) is 0.685. The van der Waals surface area contributed by atoms with Gasteiger partial charge in [0.25, 0.3) is 0 Å². The molecule has 1 aromatic carbocycles. The molecule has 4 nitrogen and oxygen atoms in total. The van der Waals surface area contributed by atoms with Crippen molar-refractivity contribution in [2.45, 2.75) is 44.7 Å². The summed E-state index contributed by atoms with van der Waals surface area (Å²) in [5.41, 5.74) is 6.77. The minimum absolute atomic E-state index is 0.243. The zero-order chi connectivity index (χ0) is 14.9. The van der Waals surface area contributed by atoms with Gasteiger partial charge in [0.2, 0.25) is 0 Å². The zero-order valence-electron chi connectivity index (χ0n) is 12.8. The van der Waals surface area contributed by atoms with Crippen LogP contribution in [0.1, 0.15) is 37.7 Å². The number of nitrogens with zero attached hydrogens (tertiary/aromatic N) is 1. The first kappa shape index (κ1) is 16.3. The van der Waals surface area contributed by atoms with Gasteiger partial charge in [0.05, 0.1) is 13.2 Å². The van der Waals surface area contributed by atoms with Crippen LogP contribution in [0.5, 0.6) is 5.75 Å². The van der Waals surface area contributed by atoms with E-state index in [1.807, 2.05) is 24.3 Å². The molecule has 1 aromatic rings. The molecule has 0 bridgehead atoms. The number of hydrogen-bond donors (Lipinski definition) is 2. The first-order valence-electron chi connectivity index (χ1n) is 8.11. The number of para-hydroxylation sites is 1. The van der Waals surface area contributed by atoms with E-state index in [4.69, 9.17) is 10.5 Å². The normalized spacial score (nSPS) is 15.8. The summed E-state index contributed by atoms with van der Waals surface area (Å²) in [5.74, 6) is 0.898. The molecule has 2 rings (SSSR count). The fraction of sp³-hybridized carbons (Fsp3) is 0.647. The molecule has 0 amide bonds. The van der Waals surface area contributed by atoms with Gasteiger partial charge in [-0.15, -0.1) is 0 Å². The monoisotopic (exact) mass is 292 g/mol. The Kier molecular flexibility index (Phi) is 7.00. The van der Waals surface area contributed by atoms with Crippen LogP contribution in [0.4, 0.5) is 0 Å². The van der Waals surface area contributed by atoms with Crippen molar-refractivity contribution in [1.82, 2.24) is 4.90 Å². The Morgan fingerprint density at radius 2 is 1.95 bits per heavy atom. The van der Waals surface area contributed by atoms with Crippen LogP contribution in [0, 0.1) is 0 Å². The molecule has 0 unspecified atom stereocenters. The van der Waals surface area contributed by atoms with Gasteiger partial charge >= 0.3 is 0 Å². The summed E-state index contributed by atoms with van der Waals surface area (Å²) in [4.78, 5) is 2.42. The third-order valence-corrected chi connectivity index (χ3v) is 4.27. The Morgan fingerprint density at radius 1 is 1.19 bits per heavy atom. The summed E-state index contributed by atoms with van der Waals surface area (Å²) >= 11 is 0. The van der Waals surface area contributed by atoms with Crippen molar-refractivity contribution in [3.05, 3.63) is 29.8 Å². The molecule has 4 heteroatoms.